The van der Waals surface area contributed by atoms with Crippen molar-refractivity contribution in [3.05, 3.63) is 59.6 Å². The number of halogens is 1. The Hall–Kier alpha value is -3.00. The Labute approximate surface area is 167 Å². The lowest BCUT2D eigenvalue weighted by atomic mass is 9.96. The smallest absolute Gasteiger partial charge is 0.256 e. The number of carbonyl (C=O) groups excluding carboxylic acids is 1. The fourth-order valence-electron chi connectivity index (χ4n) is 3.50. The lowest BCUT2D eigenvalue weighted by Gasteiger charge is -2.40. The van der Waals surface area contributed by atoms with Gasteiger partial charge in [-0.3, -0.25) is 4.79 Å². The van der Waals surface area contributed by atoms with Crippen LogP contribution in [0.3, 0.4) is 0 Å². The van der Waals surface area contributed by atoms with E-state index in [0.717, 1.165) is 12.8 Å². The molecule has 1 amide bonds. The summed E-state index contributed by atoms with van der Waals surface area (Å²) < 4.78 is 0. The van der Waals surface area contributed by atoms with E-state index in [9.17, 15) is 4.79 Å². The summed E-state index contributed by atoms with van der Waals surface area (Å²) in [5.74, 6) is 0.473. The standard InChI is InChI=1S/C19H20ClN7O/c1-13-16(25-19-21-11-14(20)12-22-19)6-4-10-26(13)18(28)15-5-2-3-7-17(15)27-23-8-9-24-27/h2-3,5,7-9,11-13,16H,4,6,10H2,1H3,(H,21,22,25). The van der Waals surface area contributed by atoms with Crippen LogP contribution in [0.15, 0.2) is 49.1 Å². The normalized spacial score (nSPS) is 19.4. The van der Waals surface area contributed by atoms with E-state index >= 15 is 0 Å². The van der Waals surface area contributed by atoms with Crippen molar-refractivity contribution in [1.82, 2.24) is 29.9 Å². The predicted molar refractivity (Wildman–Crippen MR) is 106 cm³/mol. The zero-order valence-corrected chi connectivity index (χ0v) is 16.1. The van der Waals surface area contributed by atoms with Crippen LogP contribution in [0.1, 0.15) is 30.1 Å². The lowest BCUT2D eigenvalue weighted by Crippen LogP contribution is -2.52. The number of hydrogen-bond donors (Lipinski definition) is 1. The molecule has 0 spiro atoms. The number of nitrogens with one attached hydrogen (secondary N) is 1. The van der Waals surface area contributed by atoms with Crippen molar-refractivity contribution in [3.63, 3.8) is 0 Å². The molecule has 1 N–H and O–H groups in total. The van der Waals surface area contributed by atoms with E-state index in [2.05, 4.69) is 25.5 Å². The maximum absolute atomic E-state index is 13.3. The number of nitrogens with zero attached hydrogens (tertiary/aromatic N) is 6. The van der Waals surface area contributed by atoms with Crippen LogP contribution < -0.4 is 5.32 Å². The zero-order valence-electron chi connectivity index (χ0n) is 15.4. The van der Waals surface area contributed by atoms with Crippen molar-refractivity contribution < 1.29 is 4.79 Å². The molecule has 3 heterocycles. The van der Waals surface area contributed by atoms with Crippen LogP contribution in [-0.2, 0) is 0 Å². The highest BCUT2D eigenvalue weighted by atomic mass is 35.5. The molecule has 4 rings (SSSR count). The molecule has 1 aliphatic rings. The molecule has 1 saturated heterocycles. The number of anilines is 1. The number of piperidine rings is 1. The lowest BCUT2D eigenvalue weighted by molar-refractivity contribution is 0.0616. The van der Waals surface area contributed by atoms with Crippen molar-refractivity contribution >= 4 is 23.5 Å². The molecule has 1 aliphatic heterocycles. The minimum absolute atomic E-state index is 0.0286. The summed E-state index contributed by atoms with van der Waals surface area (Å²) in [5, 5.41) is 12.2. The number of aromatic nitrogens is 5. The molecule has 3 aromatic rings. The first-order valence-electron chi connectivity index (χ1n) is 9.14. The maximum Gasteiger partial charge on any atom is 0.256 e. The van der Waals surface area contributed by atoms with Crippen LogP contribution in [0.2, 0.25) is 5.02 Å². The van der Waals surface area contributed by atoms with Gasteiger partial charge in [-0.1, -0.05) is 23.7 Å². The largest absolute Gasteiger partial charge is 0.349 e. The van der Waals surface area contributed by atoms with E-state index in [-0.39, 0.29) is 18.0 Å². The number of para-hydroxylation sites is 1. The number of likely N-dealkylation sites (tertiary alicyclic amines) is 1. The average Bonchev–Trinajstić information content (AvgIpc) is 3.25. The topological polar surface area (TPSA) is 88.8 Å². The van der Waals surface area contributed by atoms with Gasteiger partial charge < -0.3 is 10.2 Å². The van der Waals surface area contributed by atoms with Crippen molar-refractivity contribution in [2.24, 2.45) is 0 Å². The van der Waals surface area contributed by atoms with Gasteiger partial charge in [-0.05, 0) is 31.9 Å². The van der Waals surface area contributed by atoms with Crippen LogP contribution >= 0.6 is 11.6 Å². The molecule has 144 valence electrons. The number of hydrogen-bond acceptors (Lipinski definition) is 6. The number of carbonyl (C=O) groups is 1. The second-order valence-corrected chi connectivity index (χ2v) is 7.13. The first-order chi connectivity index (χ1) is 13.6. The van der Waals surface area contributed by atoms with Crippen LogP contribution in [-0.4, -0.2) is 54.4 Å². The highest BCUT2D eigenvalue weighted by molar-refractivity contribution is 6.30. The molecule has 8 nitrogen and oxygen atoms in total. The summed E-state index contributed by atoms with van der Waals surface area (Å²) in [6.07, 6.45) is 8.12. The van der Waals surface area contributed by atoms with Gasteiger partial charge in [0.25, 0.3) is 5.91 Å². The molecule has 0 bridgehead atoms. The van der Waals surface area contributed by atoms with Crippen LogP contribution in [0.5, 0.6) is 0 Å². The summed E-state index contributed by atoms with van der Waals surface area (Å²) in [6, 6.07) is 7.41. The number of amides is 1. The van der Waals surface area contributed by atoms with Gasteiger partial charge in [-0.25, -0.2) is 9.97 Å². The predicted octanol–water partition coefficient (Wildman–Crippen LogP) is 2.82. The summed E-state index contributed by atoms with van der Waals surface area (Å²) in [7, 11) is 0. The second kappa shape index (κ2) is 7.93. The molecule has 0 saturated carbocycles. The molecule has 28 heavy (non-hydrogen) atoms. The Balaban J connectivity index is 1.56. The molecule has 2 unspecified atom stereocenters. The van der Waals surface area contributed by atoms with Gasteiger partial charge in [-0.2, -0.15) is 15.0 Å². The first-order valence-corrected chi connectivity index (χ1v) is 9.52. The van der Waals surface area contributed by atoms with Gasteiger partial charge in [0.05, 0.1) is 41.1 Å². The minimum atomic E-state index is -0.0380. The van der Waals surface area contributed by atoms with Gasteiger partial charge >= 0.3 is 0 Å². The Kier molecular flexibility index (Phi) is 5.21. The van der Waals surface area contributed by atoms with Crippen LogP contribution in [0, 0.1) is 0 Å². The summed E-state index contributed by atoms with van der Waals surface area (Å²) in [4.78, 5) is 25.1. The molecule has 0 aliphatic carbocycles. The Bertz CT molecular complexity index is 945. The van der Waals surface area contributed by atoms with E-state index in [0.29, 0.717) is 28.8 Å². The SMILES string of the molecule is CC1C(Nc2ncc(Cl)cn2)CCCN1C(=O)c1ccccc1-n1nccn1. The highest BCUT2D eigenvalue weighted by Crippen LogP contribution is 2.24. The van der Waals surface area contributed by atoms with Gasteiger partial charge in [0.1, 0.15) is 0 Å². The molecule has 2 atom stereocenters. The molecule has 1 fully saturated rings. The number of benzene rings is 1. The molecule has 9 heteroatoms. The third-order valence-electron chi connectivity index (χ3n) is 4.95. The van der Waals surface area contributed by atoms with Gasteiger partial charge in [0, 0.05) is 18.6 Å². The van der Waals surface area contributed by atoms with Crippen LogP contribution in [0.4, 0.5) is 5.95 Å². The number of rotatable bonds is 4. The van der Waals surface area contributed by atoms with E-state index in [1.54, 1.807) is 24.8 Å². The minimum Gasteiger partial charge on any atom is -0.349 e. The summed E-state index contributed by atoms with van der Waals surface area (Å²) in [6.45, 7) is 2.74. The first kappa shape index (κ1) is 18.4. The van der Waals surface area contributed by atoms with Crippen molar-refractivity contribution in [3.8, 4) is 5.69 Å². The van der Waals surface area contributed by atoms with Crippen molar-refractivity contribution in [2.45, 2.75) is 31.8 Å². The van der Waals surface area contributed by atoms with E-state index in [4.69, 9.17) is 11.6 Å². The molecule has 2 aromatic heterocycles. The maximum atomic E-state index is 13.3. The highest BCUT2D eigenvalue weighted by Gasteiger charge is 2.33. The van der Waals surface area contributed by atoms with E-state index < -0.39 is 0 Å². The quantitative estimate of drug-likeness (QED) is 0.728. The van der Waals surface area contributed by atoms with Gasteiger partial charge in [0.15, 0.2) is 0 Å². The molecular formula is C19H20ClN7O. The van der Waals surface area contributed by atoms with Crippen molar-refractivity contribution in [1.29, 1.82) is 0 Å². The third-order valence-corrected chi connectivity index (χ3v) is 5.15. The van der Waals surface area contributed by atoms with Gasteiger partial charge in [0.2, 0.25) is 5.95 Å². The Morgan fingerprint density at radius 1 is 1.18 bits per heavy atom. The zero-order chi connectivity index (χ0) is 19.5. The summed E-state index contributed by atoms with van der Waals surface area (Å²) in [5.41, 5.74) is 1.25. The Morgan fingerprint density at radius 3 is 2.64 bits per heavy atom. The Morgan fingerprint density at radius 2 is 1.89 bits per heavy atom. The molecule has 0 radical (unpaired) electrons. The fourth-order valence-corrected chi connectivity index (χ4v) is 3.60. The van der Waals surface area contributed by atoms with Crippen LogP contribution in [0.25, 0.3) is 5.69 Å². The molecule has 1 aromatic carbocycles. The monoisotopic (exact) mass is 397 g/mol. The average molecular weight is 398 g/mol. The molecular weight excluding hydrogens is 378 g/mol. The van der Waals surface area contributed by atoms with E-state index in [1.807, 2.05) is 36.1 Å². The second-order valence-electron chi connectivity index (χ2n) is 6.69. The summed E-state index contributed by atoms with van der Waals surface area (Å²) >= 11 is 5.85. The fraction of sp³-hybridized carbons (Fsp3) is 0.316. The third kappa shape index (κ3) is 3.68. The van der Waals surface area contributed by atoms with Gasteiger partial charge in [-0.15, -0.1) is 0 Å². The van der Waals surface area contributed by atoms with E-state index in [1.165, 1.54) is 4.80 Å². The van der Waals surface area contributed by atoms with Crippen molar-refractivity contribution in [2.75, 3.05) is 11.9 Å².